The van der Waals surface area contributed by atoms with Crippen LogP contribution in [0.3, 0.4) is 0 Å². The number of aliphatic hydroxyl groups is 4. The van der Waals surface area contributed by atoms with E-state index in [0.29, 0.717) is 12.0 Å². The second-order valence-corrected chi connectivity index (χ2v) is 13.0. The summed E-state index contributed by atoms with van der Waals surface area (Å²) in [5.41, 5.74) is -2.99. The van der Waals surface area contributed by atoms with Gasteiger partial charge in [0.1, 0.15) is 18.3 Å². The van der Waals surface area contributed by atoms with E-state index in [-0.39, 0.29) is 37.4 Å². The summed E-state index contributed by atoms with van der Waals surface area (Å²) in [7, 11) is 0. The summed E-state index contributed by atoms with van der Waals surface area (Å²) in [5.74, 6) is -3.50. The molecule has 0 amide bonds. The van der Waals surface area contributed by atoms with Crippen molar-refractivity contribution in [2.24, 2.45) is 17.3 Å². The second kappa shape index (κ2) is 12.4. The summed E-state index contributed by atoms with van der Waals surface area (Å²) >= 11 is 0. The third kappa shape index (κ3) is 5.80. The molecule has 1 aromatic carbocycles. The Kier molecular flexibility index (Phi) is 9.59. The molecule has 0 spiro atoms. The van der Waals surface area contributed by atoms with Gasteiger partial charge in [0, 0.05) is 25.2 Å². The number of hydrogen-bond donors (Lipinski definition) is 4. The molecule has 4 rings (SSSR count). The molecule has 10 atom stereocenters. The average Bonchev–Trinajstić information content (AvgIpc) is 3.01. The minimum Gasteiger partial charge on any atom is -0.458 e. The number of benzene rings is 1. The van der Waals surface area contributed by atoms with Gasteiger partial charge in [-0.25, -0.2) is 0 Å². The van der Waals surface area contributed by atoms with E-state index in [9.17, 15) is 34.8 Å². The highest BCUT2D eigenvalue weighted by Crippen LogP contribution is 2.53. The Morgan fingerprint density at radius 2 is 1.79 bits per heavy atom. The standard InChI is InChI=1S/C33H46O10/c1-18(23-10-8-7-9-11-23)14-27(37)42-24-15-32(40,16-34)20(3)28(19(24)2)29(38)30(39)31(6)21(4)33(43-22(5)35)17-41-26(33)13-12-25(31)36/h7-11,18,20-21,24-26,29,34,36,38,40H,12-17H2,1-6H3/t18-,20?,21?,24+,25+,26-,29-,31+,32-,33-/m1/s1. The maximum absolute atomic E-state index is 14.3. The molecule has 0 radical (unpaired) electrons. The smallest absolute Gasteiger partial charge is 0.306 e. The maximum atomic E-state index is 14.3. The van der Waals surface area contributed by atoms with Crippen molar-refractivity contribution in [3.8, 4) is 0 Å². The highest BCUT2D eigenvalue weighted by molar-refractivity contribution is 5.92. The number of carbonyl (C=O) groups is 3. The van der Waals surface area contributed by atoms with Crippen molar-refractivity contribution in [1.29, 1.82) is 0 Å². The molecule has 4 N–H and O–H groups in total. The molecular formula is C33H46O10. The van der Waals surface area contributed by atoms with Gasteiger partial charge in [0.2, 0.25) is 0 Å². The Morgan fingerprint density at radius 1 is 1.14 bits per heavy atom. The molecule has 43 heavy (non-hydrogen) atoms. The topological polar surface area (TPSA) is 160 Å². The molecule has 10 nitrogen and oxygen atoms in total. The molecule has 2 aliphatic carbocycles. The fraction of sp³-hybridized carbons (Fsp3) is 0.667. The van der Waals surface area contributed by atoms with E-state index in [1.54, 1.807) is 27.7 Å². The molecule has 2 unspecified atom stereocenters. The first-order chi connectivity index (χ1) is 20.1. The van der Waals surface area contributed by atoms with Gasteiger partial charge in [0.15, 0.2) is 11.4 Å². The number of hydrogen-bond acceptors (Lipinski definition) is 10. The van der Waals surface area contributed by atoms with E-state index in [0.717, 1.165) is 5.56 Å². The Bertz CT molecular complexity index is 1250. The molecule has 238 valence electrons. The number of fused-ring (bicyclic) bond motifs is 1. The molecule has 2 fully saturated rings. The van der Waals surface area contributed by atoms with Gasteiger partial charge < -0.3 is 34.6 Å². The van der Waals surface area contributed by atoms with Crippen molar-refractivity contribution in [2.45, 2.75) is 109 Å². The zero-order chi connectivity index (χ0) is 31.9. The number of ketones is 1. The molecule has 0 aromatic heterocycles. The Morgan fingerprint density at radius 3 is 2.35 bits per heavy atom. The van der Waals surface area contributed by atoms with Gasteiger partial charge in [-0.3, -0.25) is 14.4 Å². The lowest BCUT2D eigenvalue weighted by Gasteiger charge is -2.54. The Balaban J connectivity index is 1.65. The molecular weight excluding hydrogens is 556 g/mol. The van der Waals surface area contributed by atoms with Crippen molar-refractivity contribution in [1.82, 2.24) is 0 Å². The molecule has 1 aliphatic heterocycles. The van der Waals surface area contributed by atoms with Crippen molar-refractivity contribution in [3.63, 3.8) is 0 Å². The van der Waals surface area contributed by atoms with Crippen LogP contribution in [0.1, 0.15) is 78.7 Å². The normalized spacial score (nSPS) is 37.3. The van der Waals surface area contributed by atoms with Crippen molar-refractivity contribution in [3.05, 3.63) is 47.0 Å². The Hall–Kier alpha value is -2.63. The van der Waals surface area contributed by atoms with E-state index in [2.05, 4.69) is 0 Å². The number of Topliss-reactive ketones (excluding diaryl/α,β-unsaturated/α-hetero) is 1. The first-order valence-electron chi connectivity index (χ1n) is 15.1. The summed E-state index contributed by atoms with van der Waals surface area (Å²) in [6.07, 6.45) is -3.98. The summed E-state index contributed by atoms with van der Waals surface area (Å²) in [6, 6.07) is 9.50. The lowest BCUT2D eigenvalue weighted by Crippen LogP contribution is -2.68. The van der Waals surface area contributed by atoms with Crippen LogP contribution in [0.15, 0.2) is 41.5 Å². The van der Waals surface area contributed by atoms with Gasteiger partial charge in [0.25, 0.3) is 0 Å². The van der Waals surface area contributed by atoms with Crippen LogP contribution >= 0.6 is 0 Å². The van der Waals surface area contributed by atoms with E-state index in [1.807, 2.05) is 37.3 Å². The lowest BCUT2D eigenvalue weighted by atomic mass is 9.60. The number of rotatable bonds is 9. The first-order valence-corrected chi connectivity index (χ1v) is 15.1. The van der Waals surface area contributed by atoms with E-state index < -0.39 is 77.2 Å². The predicted octanol–water partition coefficient (Wildman–Crippen LogP) is 2.60. The van der Waals surface area contributed by atoms with E-state index in [1.165, 1.54) is 6.92 Å². The van der Waals surface area contributed by atoms with Crippen LogP contribution in [0, 0.1) is 17.3 Å². The SMILES string of the molecule is CC(=O)O[C@@]12CO[C@@H]1CC[C@H](O)[C@@](C)(C(=O)[C@H](O)C1=C(C)[C@@H](OC(=O)C[C@@H](C)c3ccccc3)C[C@@](O)(CO)C1C)C2C. The minimum absolute atomic E-state index is 0.0614. The Labute approximate surface area is 253 Å². The fourth-order valence-electron chi connectivity index (χ4n) is 7.37. The quantitative estimate of drug-likeness (QED) is 0.244. The molecule has 3 aliphatic rings. The number of esters is 2. The van der Waals surface area contributed by atoms with Gasteiger partial charge in [-0.15, -0.1) is 0 Å². The molecule has 10 heteroatoms. The summed E-state index contributed by atoms with van der Waals surface area (Å²) in [6.45, 7) is 9.07. The highest BCUT2D eigenvalue weighted by atomic mass is 16.6. The van der Waals surface area contributed by atoms with Crippen molar-refractivity contribution in [2.75, 3.05) is 13.2 Å². The van der Waals surface area contributed by atoms with Gasteiger partial charge in [0.05, 0.1) is 36.8 Å². The zero-order valence-electron chi connectivity index (χ0n) is 25.9. The average molecular weight is 603 g/mol. The van der Waals surface area contributed by atoms with Gasteiger partial charge in [-0.1, -0.05) is 51.1 Å². The molecule has 0 bridgehead atoms. The predicted molar refractivity (Wildman–Crippen MR) is 156 cm³/mol. The van der Waals surface area contributed by atoms with Crippen LogP contribution in [0.25, 0.3) is 0 Å². The van der Waals surface area contributed by atoms with E-state index >= 15 is 0 Å². The largest absolute Gasteiger partial charge is 0.458 e. The molecule has 1 heterocycles. The summed E-state index contributed by atoms with van der Waals surface area (Å²) in [5, 5.41) is 44.7. The van der Waals surface area contributed by atoms with Crippen molar-refractivity contribution >= 4 is 17.7 Å². The monoisotopic (exact) mass is 602 g/mol. The molecule has 1 saturated carbocycles. The maximum Gasteiger partial charge on any atom is 0.306 e. The highest BCUT2D eigenvalue weighted by Gasteiger charge is 2.66. The summed E-state index contributed by atoms with van der Waals surface area (Å²) in [4.78, 5) is 39.5. The number of aliphatic hydroxyl groups excluding tert-OH is 3. The minimum atomic E-state index is -1.80. The van der Waals surface area contributed by atoms with Crippen LogP contribution in [0.5, 0.6) is 0 Å². The first kappa shape index (κ1) is 33.3. The zero-order valence-corrected chi connectivity index (χ0v) is 25.9. The molecule has 1 aromatic rings. The third-order valence-electron chi connectivity index (χ3n) is 10.6. The molecule has 1 saturated heterocycles. The van der Waals surface area contributed by atoms with Gasteiger partial charge in [-0.2, -0.15) is 0 Å². The third-order valence-corrected chi connectivity index (χ3v) is 10.6. The van der Waals surface area contributed by atoms with Crippen molar-refractivity contribution < 1.29 is 49.0 Å². The van der Waals surface area contributed by atoms with Crippen LogP contribution in [-0.2, 0) is 28.6 Å². The van der Waals surface area contributed by atoms with Gasteiger partial charge >= 0.3 is 11.9 Å². The van der Waals surface area contributed by atoms with Crippen LogP contribution < -0.4 is 0 Å². The van der Waals surface area contributed by atoms with Crippen LogP contribution in [0.4, 0.5) is 0 Å². The van der Waals surface area contributed by atoms with Gasteiger partial charge in [-0.05, 0) is 49.3 Å². The van der Waals surface area contributed by atoms with Crippen LogP contribution in [-0.4, -0.2) is 87.0 Å². The number of carbonyl (C=O) groups excluding carboxylic acids is 3. The van der Waals surface area contributed by atoms with E-state index in [4.69, 9.17) is 14.2 Å². The second-order valence-electron chi connectivity index (χ2n) is 13.0. The lowest BCUT2D eigenvalue weighted by molar-refractivity contribution is -0.279. The fourth-order valence-corrected chi connectivity index (χ4v) is 7.37. The number of ether oxygens (including phenoxy) is 3. The summed E-state index contributed by atoms with van der Waals surface area (Å²) < 4.78 is 17.3. The van der Waals surface area contributed by atoms with Crippen LogP contribution in [0.2, 0.25) is 0 Å².